The first-order valence-corrected chi connectivity index (χ1v) is 10.8. The van der Waals surface area contributed by atoms with Crippen LogP contribution in [0.3, 0.4) is 0 Å². The van der Waals surface area contributed by atoms with Crippen molar-refractivity contribution in [2.24, 2.45) is 7.05 Å². The minimum absolute atomic E-state index is 0.0910. The van der Waals surface area contributed by atoms with Crippen LogP contribution in [-0.4, -0.2) is 38.9 Å². The number of amides is 2. The van der Waals surface area contributed by atoms with E-state index in [0.29, 0.717) is 16.0 Å². The van der Waals surface area contributed by atoms with Gasteiger partial charge < -0.3 is 15.2 Å². The third-order valence-electron chi connectivity index (χ3n) is 4.39. The average Bonchev–Trinajstić information content (AvgIpc) is 3.12. The number of anilines is 1. The summed E-state index contributed by atoms with van der Waals surface area (Å²) >= 11 is 7.18. The van der Waals surface area contributed by atoms with Crippen molar-refractivity contribution < 1.29 is 9.59 Å². The Kier molecular flexibility index (Phi) is 7.48. The molecule has 0 radical (unpaired) electrons. The number of hydrogen-bond acceptors (Lipinski definition) is 5. The fourth-order valence-electron chi connectivity index (χ4n) is 2.80. The highest BCUT2D eigenvalue weighted by molar-refractivity contribution is 7.99. The van der Waals surface area contributed by atoms with Gasteiger partial charge in [-0.1, -0.05) is 48.5 Å². The van der Waals surface area contributed by atoms with Crippen LogP contribution in [0.5, 0.6) is 0 Å². The molecule has 0 bridgehead atoms. The Bertz CT molecular complexity index is 1040. The van der Waals surface area contributed by atoms with Gasteiger partial charge in [-0.2, -0.15) is 0 Å². The zero-order chi connectivity index (χ0) is 21.5. The second kappa shape index (κ2) is 10.3. The first-order chi connectivity index (χ1) is 14.5. The molecule has 3 rings (SSSR count). The van der Waals surface area contributed by atoms with Crippen LogP contribution in [0, 0.1) is 0 Å². The number of para-hydroxylation sites is 1. The number of benzene rings is 2. The Hall–Kier alpha value is -2.84. The van der Waals surface area contributed by atoms with Crippen molar-refractivity contribution in [3.63, 3.8) is 0 Å². The minimum Gasteiger partial charge on any atom is -0.346 e. The summed E-state index contributed by atoms with van der Waals surface area (Å²) in [4.78, 5) is 24.3. The molecule has 0 aliphatic rings. The smallest absolute Gasteiger partial charge is 0.243 e. The lowest BCUT2D eigenvalue weighted by atomic mass is 10.1. The monoisotopic (exact) mass is 443 g/mol. The summed E-state index contributed by atoms with van der Waals surface area (Å²) in [6, 6.07) is 14.9. The van der Waals surface area contributed by atoms with Crippen molar-refractivity contribution in [1.29, 1.82) is 0 Å². The molecule has 0 saturated carbocycles. The van der Waals surface area contributed by atoms with Crippen LogP contribution in [0.1, 0.15) is 12.5 Å². The SMILES string of the molecule is CCc1ccccc1NC(=O)CNC(=O)CSc1nnc(-c2ccc(Cl)cc2)n1C. The molecular formula is C21H22ClN5O2S. The average molecular weight is 444 g/mol. The molecule has 0 spiro atoms. The molecule has 3 aromatic rings. The molecule has 0 saturated heterocycles. The lowest BCUT2D eigenvalue weighted by Gasteiger charge is -2.10. The Balaban J connectivity index is 1.49. The zero-order valence-corrected chi connectivity index (χ0v) is 18.3. The summed E-state index contributed by atoms with van der Waals surface area (Å²) in [5, 5.41) is 15.0. The van der Waals surface area contributed by atoms with Crippen molar-refractivity contribution in [2.45, 2.75) is 18.5 Å². The Morgan fingerprint density at radius 3 is 2.53 bits per heavy atom. The van der Waals surface area contributed by atoms with Crippen LogP contribution in [0.15, 0.2) is 53.7 Å². The highest BCUT2D eigenvalue weighted by Gasteiger charge is 2.14. The molecule has 0 aliphatic heterocycles. The van der Waals surface area contributed by atoms with Crippen LogP contribution in [0.4, 0.5) is 5.69 Å². The normalized spacial score (nSPS) is 10.6. The van der Waals surface area contributed by atoms with Crippen LogP contribution in [0.25, 0.3) is 11.4 Å². The van der Waals surface area contributed by atoms with Crippen molar-refractivity contribution >= 4 is 40.9 Å². The van der Waals surface area contributed by atoms with Crippen LogP contribution in [-0.2, 0) is 23.1 Å². The van der Waals surface area contributed by atoms with Crippen LogP contribution in [0.2, 0.25) is 5.02 Å². The van der Waals surface area contributed by atoms with Crippen molar-refractivity contribution in [1.82, 2.24) is 20.1 Å². The Morgan fingerprint density at radius 2 is 1.80 bits per heavy atom. The minimum atomic E-state index is -0.266. The van der Waals surface area contributed by atoms with Gasteiger partial charge in [-0.15, -0.1) is 10.2 Å². The summed E-state index contributed by atoms with van der Waals surface area (Å²) in [5.74, 6) is 0.294. The van der Waals surface area contributed by atoms with Gasteiger partial charge in [0.2, 0.25) is 11.8 Å². The third-order valence-corrected chi connectivity index (χ3v) is 5.66. The first kappa shape index (κ1) is 21.9. The van der Waals surface area contributed by atoms with Gasteiger partial charge in [0.25, 0.3) is 0 Å². The molecule has 30 heavy (non-hydrogen) atoms. The summed E-state index contributed by atoms with van der Waals surface area (Å²) in [6.45, 7) is 1.93. The van der Waals surface area contributed by atoms with E-state index in [0.717, 1.165) is 23.2 Å². The Morgan fingerprint density at radius 1 is 1.07 bits per heavy atom. The standard InChI is InChI=1S/C21H22ClN5O2S/c1-3-14-6-4-5-7-17(14)24-18(28)12-23-19(29)13-30-21-26-25-20(27(21)2)15-8-10-16(22)11-9-15/h4-11H,3,12-13H2,1-2H3,(H,23,29)(H,24,28). The molecule has 0 unspecified atom stereocenters. The Labute approximate surface area is 184 Å². The molecule has 7 nitrogen and oxygen atoms in total. The fraction of sp³-hybridized carbons (Fsp3) is 0.238. The van der Waals surface area contributed by atoms with Crippen molar-refractivity contribution in [3.05, 3.63) is 59.1 Å². The molecule has 0 atom stereocenters. The molecular weight excluding hydrogens is 422 g/mol. The van der Waals surface area contributed by atoms with Gasteiger partial charge in [-0.3, -0.25) is 9.59 Å². The van der Waals surface area contributed by atoms with Crippen molar-refractivity contribution in [2.75, 3.05) is 17.6 Å². The molecule has 1 aromatic heterocycles. The van der Waals surface area contributed by atoms with E-state index in [-0.39, 0.29) is 24.1 Å². The van der Waals surface area contributed by atoms with E-state index in [4.69, 9.17) is 11.6 Å². The molecule has 156 valence electrons. The van der Waals surface area contributed by atoms with E-state index < -0.39 is 0 Å². The van der Waals surface area contributed by atoms with Gasteiger partial charge >= 0.3 is 0 Å². The predicted molar refractivity (Wildman–Crippen MR) is 120 cm³/mol. The number of carbonyl (C=O) groups excluding carboxylic acids is 2. The van der Waals surface area contributed by atoms with Gasteiger partial charge in [-0.25, -0.2) is 0 Å². The molecule has 0 aliphatic carbocycles. The molecule has 9 heteroatoms. The molecule has 2 amide bonds. The summed E-state index contributed by atoms with van der Waals surface area (Å²) in [7, 11) is 1.84. The number of halogens is 1. The van der Waals surface area contributed by atoms with E-state index in [2.05, 4.69) is 20.8 Å². The topological polar surface area (TPSA) is 88.9 Å². The zero-order valence-electron chi connectivity index (χ0n) is 16.7. The maximum Gasteiger partial charge on any atom is 0.243 e. The lowest BCUT2D eigenvalue weighted by molar-refractivity contribution is -0.122. The molecule has 1 heterocycles. The van der Waals surface area contributed by atoms with Gasteiger partial charge in [0.05, 0.1) is 12.3 Å². The number of nitrogens with zero attached hydrogens (tertiary/aromatic N) is 3. The van der Waals surface area contributed by atoms with Gasteiger partial charge in [0.1, 0.15) is 0 Å². The van der Waals surface area contributed by atoms with E-state index in [9.17, 15) is 9.59 Å². The quantitative estimate of drug-likeness (QED) is 0.520. The van der Waals surface area contributed by atoms with E-state index in [1.165, 1.54) is 11.8 Å². The highest BCUT2D eigenvalue weighted by atomic mass is 35.5. The lowest BCUT2D eigenvalue weighted by Crippen LogP contribution is -2.34. The molecule has 2 N–H and O–H groups in total. The number of hydrogen-bond donors (Lipinski definition) is 2. The number of nitrogens with one attached hydrogen (secondary N) is 2. The van der Waals surface area contributed by atoms with E-state index in [1.54, 1.807) is 12.1 Å². The maximum atomic E-state index is 12.1. The fourth-order valence-corrected chi connectivity index (χ4v) is 3.66. The summed E-state index contributed by atoms with van der Waals surface area (Å²) in [5.41, 5.74) is 2.70. The number of aromatic nitrogens is 3. The summed E-state index contributed by atoms with van der Waals surface area (Å²) in [6.07, 6.45) is 0.815. The highest BCUT2D eigenvalue weighted by Crippen LogP contribution is 2.23. The number of rotatable bonds is 8. The summed E-state index contributed by atoms with van der Waals surface area (Å²) < 4.78 is 1.82. The van der Waals surface area contributed by atoms with Gasteiger partial charge in [0.15, 0.2) is 11.0 Å². The molecule has 0 fully saturated rings. The van der Waals surface area contributed by atoms with E-state index in [1.807, 2.05) is 54.9 Å². The second-order valence-corrected chi connectivity index (χ2v) is 7.88. The van der Waals surface area contributed by atoms with E-state index >= 15 is 0 Å². The number of thioether (sulfide) groups is 1. The van der Waals surface area contributed by atoms with Gasteiger partial charge in [0, 0.05) is 23.3 Å². The number of carbonyl (C=O) groups is 2. The van der Waals surface area contributed by atoms with Gasteiger partial charge in [-0.05, 0) is 42.3 Å². The molecule has 2 aromatic carbocycles. The third kappa shape index (κ3) is 5.61. The number of aryl methyl sites for hydroxylation is 1. The largest absolute Gasteiger partial charge is 0.346 e. The first-order valence-electron chi connectivity index (χ1n) is 9.40. The second-order valence-electron chi connectivity index (χ2n) is 6.50. The maximum absolute atomic E-state index is 12.1. The predicted octanol–water partition coefficient (Wildman–Crippen LogP) is 3.54. The van der Waals surface area contributed by atoms with Crippen molar-refractivity contribution in [3.8, 4) is 11.4 Å². The van der Waals surface area contributed by atoms with Crippen LogP contribution < -0.4 is 10.6 Å². The van der Waals surface area contributed by atoms with Crippen LogP contribution >= 0.6 is 23.4 Å².